The van der Waals surface area contributed by atoms with Crippen molar-refractivity contribution in [2.75, 3.05) is 33.8 Å². The summed E-state index contributed by atoms with van der Waals surface area (Å²) in [6.07, 6.45) is 6.09. The Labute approximate surface area is 143 Å². The van der Waals surface area contributed by atoms with Crippen LogP contribution in [-0.2, 0) is 5.41 Å². The van der Waals surface area contributed by atoms with Crippen molar-refractivity contribution in [3.05, 3.63) is 22.7 Å². The van der Waals surface area contributed by atoms with Crippen LogP contribution in [0.25, 0.3) is 0 Å². The molecule has 0 bridgehead atoms. The Balaban J connectivity index is 2.00. The van der Waals surface area contributed by atoms with Gasteiger partial charge in [0.2, 0.25) is 0 Å². The summed E-state index contributed by atoms with van der Waals surface area (Å²) in [5.74, 6) is 1.57. The number of likely N-dealkylation sites (tertiary alicyclic amines) is 1. The lowest BCUT2D eigenvalue weighted by Gasteiger charge is -2.41. The molecule has 1 aromatic carbocycles. The predicted molar refractivity (Wildman–Crippen MR) is 93.7 cm³/mol. The third kappa shape index (κ3) is 3.30. The number of nitrogens with zero attached hydrogens (tertiary/aromatic N) is 1. The zero-order valence-corrected chi connectivity index (χ0v) is 14.9. The average molecular weight is 339 g/mol. The van der Waals surface area contributed by atoms with E-state index in [9.17, 15) is 0 Å². The van der Waals surface area contributed by atoms with Crippen LogP contribution in [0.15, 0.2) is 12.1 Å². The first-order chi connectivity index (χ1) is 11.1. The molecule has 1 aliphatic carbocycles. The second-order valence-electron chi connectivity index (χ2n) is 6.99. The molecule has 3 rings (SSSR count). The molecule has 2 fully saturated rings. The minimum Gasteiger partial charge on any atom is -0.493 e. The molecule has 2 N–H and O–H groups in total. The molecule has 1 heterocycles. The SMILES string of the molecule is COc1cc(Cl)cc(C2(CN)CCCCC2)c1OC1CN(C)C1. The summed E-state index contributed by atoms with van der Waals surface area (Å²) in [4.78, 5) is 2.24. The molecule has 128 valence electrons. The molecular weight excluding hydrogens is 312 g/mol. The minimum absolute atomic E-state index is 0.0403. The van der Waals surface area contributed by atoms with Gasteiger partial charge in [0.15, 0.2) is 11.5 Å². The van der Waals surface area contributed by atoms with Crippen LogP contribution >= 0.6 is 11.6 Å². The Kier molecular flexibility index (Phi) is 5.04. The molecule has 0 radical (unpaired) electrons. The van der Waals surface area contributed by atoms with E-state index in [0.717, 1.165) is 43.0 Å². The average Bonchev–Trinajstić information content (AvgIpc) is 2.54. The maximum atomic E-state index is 6.36. The number of hydrogen-bond donors (Lipinski definition) is 1. The van der Waals surface area contributed by atoms with Gasteiger partial charge in [-0.15, -0.1) is 0 Å². The van der Waals surface area contributed by atoms with Crippen molar-refractivity contribution in [3.8, 4) is 11.5 Å². The Hall–Kier alpha value is -0.970. The van der Waals surface area contributed by atoms with Crippen LogP contribution in [0.5, 0.6) is 11.5 Å². The van der Waals surface area contributed by atoms with Gasteiger partial charge in [0, 0.05) is 41.7 Å². The molecule has 0 spiro atoms. The van der Waals surface area contributed by atoms with E-state index in [1.807, 2.05) is 12.1 Å². The quantitative estimate of drug-likeness (QED) is 0.895. The van der Waals surface area contributed by atoms with Gasteiger partial charge >= 0.3 is 0 Å². The highest BCUT2D eigenvalue weighted by atomic mass is 35.5. The number of likely N-dealkylation sites (N-methyl/N-ethyl adjacent to an activating group) is 1. The number of rotatable bonds is 5. The zero-order chi connectivity index (χ0) is 16.4. The first kappa shape index (κ1) is 16.9. The fraction of sp³-hybridized carbons (Fsp3) is 0.667. The molecule has 1 saturated carbocycles. The summed E-state index contributed by atoms with van der Waals surface area (Å²) in [5.41, 5.74) is 7.33. The molecule has 0 atom stereocenters. The summed E-state index contributed by atoms with van der Waals surface area (Å²) in [7, 11) is 3.77. The molecule has 0 amide bonds. The maximum Gasteiger partial charge on any atom is 0.165 e. The van der Waals surface area contributed by atoms with E-state index in [-0.39, 0.29) is 11.5 Å². The van der Waals surface area contributed by atoms with Gasteiger partial charge in [-0.1, -0.05) is 30.9 Å². The molecule has 1 saturated heterocycles. The molecule has 1 aliphatic heterocycles. The Morgan fingerprint density at radius 2 is 1.96 bits per heavy atom. The lowest BCUT2D eigenvalue weighted by molar-refractivity contribution is 0.0349. The van der Waals surface area contributed by atoms with Crippen LogP contribution < -0.4 is 15.2 Å². The second kappa shape index (κ2) is 6.88. The summed E-state index contributed by atoms with van der Waals surface area (Å²) in [6, 6.07) is 3.88. The van der Waals surface area contributed by atoms with Crippen LogP contribution in [0.4, 0.5) is 0 Å². The molecule has 4 nitrogen and oxygen atoms in total. The highest BCUT2D eigenvalue weighted by Crippen LogP contribution is 2.47. The number of methoxy groups -OCH3 is 1. The number of hydrogen-bond acceptors (Lipinski definition) is 4. The van der Waals surface area contributed by atoms with E-state index in [0.29, 0.717) is 11.6 Å². The van der Waals surface area contributed by atoms with Crippen LogP contribution in [0.1, 0.15) is 37.7 Å². The number of benzene rings is 1. The van der Waals surface area contributed by atoms with Crippen molar-refractivity contribution in [3.63, 3.8) is 0 Å². The summed E-state index contributed by atoms with van der Waals surface area (Å²) in [5, 5.41) is 0.688. The van der Waals surface area contributed by atoms with Gasteiger partial charge in [0.1, 0.15) is 6.10 Å². The van der Waals surface area contributed by atoms with Crippen molar-refractivity contribution in [1.29, 1.82) is 0 Å². The summed E-state index contributed by atoms with van der Waals surface area (Å²) in [6.45, 7) is 2.51. The van der Waals surface area contributed by atoms with Gasteiger partial charge in [-0.2, -0.15) is 0 Å². The Morgan fingerprint density at radius 1 is 1.26 bits per heavy atom. The fourth-order valence-corrected chi connectivity index (χ4v) is 4.14. The predicted octanol–water partition coefficient (Wildman–Crippen LogP) is 3.20. The first-order valence-corrected chi connectivity index (χ1v) is 8.89. The summed E-state index contributed by atoms with van der Waals surface area (Å²) >= 11 is 6.36. The molecule has 2 aliphatic rings. The van der Waals surface area contributed by atoms with Crippen LogP contribution in [-0.4, -0.2) is 44.8 Å². The molecule has 1 aromatic rings. The van der Waals surface area contributed by atoms with Crippen LogP contribution in [0.2, 0.25) is 5.02 Å². The van der Waals surface area contributed by atoms with E-state index >= 15 is 0 Å². The smallest absolute Gasteiger partial charge is 0.165 e. The van der Waals surface area contributed by atoms with E-state index in [4.69, 9.17) is 26.8 Å². The number of ether oxygens (including phenoxy) is 2. The topological polar surface area (TPSA) is 47.7 Å². The van der Waals surface area contributed by atoms with Gasteiger partial charge in [-0.3, -0.25) is 4.90 Å². The zero-order valence-electron chi connectivity index (χ0n) is 14.1. The lowest BCUT2D eigenvalue weighted by Crippen LogP contribution is -2.51. The monoisotopic (exact) mass is 338 g/mol. The third-order valence-electron chi connectivity index (χ3n) is 5.33. The van der Waals surface area contributed by atoms with Crippen molar-refractivity contribution >= 4 is 11.6 Å². The molecular formula is C18H27ClN2O2. The third-order valence-corrected chi connectivity index (χ3v) is 5.55. The van der Waals surface area contributed by atoms with Gasteiger partial charge in [0.05, 0.1) is 7.11 Å². The molecule has 5 heteroatoms. The molecule has 23 heavy (non-hydrogen) atoms. The van der Waals surface area contributed by atoms with Gasteiger partial charge in [0.25, 0.3) is 0 Å². The van der Waals surface area contributed by atoms with Gasteiger partial charge < -0.3 is 15.2 Å². The fourth-order valence-electron chi connectivity index (χ4n) is 3.93. The van der Waals surface area contributed by atoms with Crippen molar-refractivity contribution < 1.29 is 9.47 Å². The van der Waals surface area contributed by atoms with E-state index < -0.39 is 0 Å². The largest absolute Gasteiger partial charge is 0.493 e. The standard InChI is InChI=1S/C18H27ClN2O2/c1-21-10-14(11-21)23-17-15(8-13(19)9-16(17)22-2)18(12-20)6-4-3-5-7-18/h8-9,14H,3-7,10-12,20H2,1-2H3. The Bertz CT molecular complexity index is 552. The molecule has 0 unspecified atom stereocenters. The van der Waals surface area contributed by atoms with Crippen molar-refractivity contribution in [2.45, 2.75) is 43.6 Å². The number of nitrogens with two attached hydrogens (primary N) is 1. The number of halogens is 1. The second-order valence-corrected chi connectivity index (χ2v) is 7.43. The normalized spacial score (nSPS) is 21.7. The lowest BCUT2D eigenvalue weighted by atomic mass is 9.69. The Morgan fingerprint density at radius 3 is 2.52 bits per heavy atom. The van der Waals surface area contributed by atoms with E-state index in [1.54, 1.807) is 7.11 Å². The van der Waals surface area contributed by atoms with Gasteiger partial charge in [-0.25, -0.2) is 0 Å². The van der Waals surface area contributed by atoms with Crippen LogP contribution in [0, 0.1) is 0 Å². The van der Waals surface area contributed by atoms with Crippen molar-refractivity contribution in [2.24, 2.45) is 5.73 Å². The van der Waals surface area contributed by atoms with E-state index in [2.05, 4.69) is 11.9 Å². The highest BCUT2D eigenvalue weighted by molar-refractivity contribution is 6.30. The maximum absolute atomic E-state index is 6.36. The van der Waals surface area contributed by atoms with Crippen molar-refractivity contribution in [1.82, 2.24) is 4.90 Å². The van der Waals surface area contributed by atoms with Gasteiger partial charge in [-0.05, 0) is 26.0 Å². The summed E-state index contributed by atoms with van der Waals surface area (Å²) < 4.78 is 11.9. The highest BCUT2D eigenvalue weighted by Gasteiger charge is 2.38. The first-order valence-electron chi connectivity index (χ1n) is 8.51. The van der Waals surface area contributed by atoms with Crippen LogP contribution in [0.3, 0.4) is 0 Å². The van der Waals surface area contributed by atoms with E-state index in [1.165, 1.54) is 19.3 Å². The minimum atomic E-state index is -0.0403. The molecule has 0 aromatic heterocycles.